The number of benzene rings is 1. The molecule has 0 saturated carbocycles. The number of likely N-dealkylation sites (tertiary alicyclic amines) is 1. The number of hydrogen-bond donors (Lipinski definition) is 1. The second-order valence-corrected chi connectivity index (χ2v) is 4.98. The van der Waals surface area contributed by atoms with Gasteiger partial charge in [0.15, 0.2) is 0 Å². The van der Waals surface area contributed by atoms with Gasteiger partial charge in [-0.3, -0.25) is 9.69 Å². The monoisotopic (exact) mass is 262 g/mol. The fourth-order valence-electron chi connectivity index (χ4n) is 2.71. The first-order valence-corrected chi connectivity index (χ1v) is 6.85. The predicted molar refractivity (Wildman–Crippen MR) is 74.4 cm³/mol. The summed E-state index contributed by atoms with van der Waals surface area (Å²) in [6.45, 7) is 2.25. The summed E-state index contributed by atoms with van der Waals surface area (Å²) in [5.74, 6) is -0.120. The number of piperidine rings is 1. The summed E-state index contributed by atoms with van der Waals surface area (Å²) in [5.41, 5.74) is 8.13. The molecule has 1 heterocycles. The molecule has 0 radical (unpaired) electrons. The van der Waals surface area contributed by atoms with Crippen LogP contribution in [0.5, 0.6) is 0 Å². The third-order valence-corrected chi connectivity index (χ3v) is 3.80. The fourth-order valence-corrected chi connectivity index (χ4v) is 2.71. The fraction of sp³-hybridized carbons (Fsp3) is 0.533. The Kier molecular flexibility index (Phi) is 4.93. The van der Waals surface area contributed by atoms with Gasteiger partial charge in [0, 0.05) is 13.1 Å². The smallest absolute Gasteiger partial charge is 0.323 e. The molecule has 1 aromatic carbocycles. The average molecular weight is 262 g/mol. The Balaban J connectivity index is 2.13. The first-order valence-electron chi connectivity index (χ1n) is 6.85. The first-order chi connectivity index (χ1) is 9.26. The molecule has 1 aliphatic rings. The Morgan fingerprint density at radius 2 is 2.11 bits per heavy atom. The van der Waals surface area contributed by atoms with E-state index in [0.29, 0.717) is 6.54 Å². The second kappa shape index (κ2) is 6.68. The minimum Gasteiger partial charge on any atom is -0.468 e. The van der Waals surface area contributed by atoms with Gasteiger partial charge < -0.3 is 10.5 Å². The molecule has 4 heteroatoms. The molecule has 104 valence electrons. The highest BCUT2D eigenvalue weighted by Gasteiger charge is 2.29. The van der Waals surface area contributed by atoms with Crippen LogP contribution in [-0.2, 0) is 22.6 Å². The van der Waals surface area contributed by atoms with Crippen molar-refractivity contribution < 1.29 is 9.53 Å². The van der Waals surface area contributed by atoms with E-state index in [2.05, 4.69) is 11.0 Å². The molecular formula is C15H22N2O2. The van der Waals surface area contributed by atoms with E-state index in [-0.39, 0.29) is 12.0 Å². The molecule has 1 atom stereocenters. The van der Waals surface area contributed by atoms with Crippen LogP contribution < -0.4 is 5.73 Å². The maximum absolute atomic E-state index is 11.8. The first kappa shape index (κ1) is 14.0. The van der Waals surface area contributed by atoms with Crippen molar-refractivity contribution in [2.75, 3.05) is 13.7 Å². The lowest BCUT2D eigenvalue weighted by Gasteiger charge is -2.34. The van der Waals surface area contributed by atoms with Crippen molar-refractivity contribution in [3.05, 3.63) is 35.4 Å². The lowest BCUT2D eigenvalue weighted by molar-refractivity contribution is -0.148. The van der Waals surface area contributed by atoms with Crippen molar-refractivity contribution in [3.63, 3.8) is 0 Å². The highest BCUT2D eigenvalue weighted by atomic mass is 16.5. The quantitative estimate of drug-likeness (QED) is 0.839. The van der Waals surface area contributed by atoms with Gasteiger partial charge in [-0.25, -0.2) is 0 Å². The maximum Gasteiger partial charge on any atom is 0.323 e. The van der Waals surface area contributed by atoms with Crippen molar-refractivity contribution in [1.29, 1.82) is 0 Å². The minimum atomic E-state index is -0.120. The van der Waals surface area contributed by atoms with E-state index in [1.807, 2.05) is 18.2 Å². The van der Waals surface area contributed by atoms with Gasteiger partial charge in [0.1, 0.15) is 6.04 Å². The molecular weight excluding hydrogens is 240 g/mol. The number of methoxy groups -OCH3 is 1. The Morgan fingerprint density at radius 3 is 2.79 bits per heavy atom. The van der Waals surface area contributed by atoms with Gasteiger partial charge >= 0.3 is 5.97 Å². The highest BCUT2D eigenvalue weighted by Crippen LogP contribution is 2.21. The lowest BCUT2D eigenvalue weighted by atomic mass is 10.00. The molecule has 1 fully saturated rings. The number of hydrogen-bond acceptors (Lipinski definition) is 4. The largest absolute Gasteiger partial charge is 0.468 e. The summed E-state index contributed by atoms with van der Waals surface area (Å²) >= 11 is 0. The van der Waals surface area contributed by atoms with Crippen LogP contribution in [0.2, 0.25) is 0 Å². The van der Waals surface area contributed by atoms with E-state index in [0.717, 1.165) is 37.9 Å². The van der Waals surface area contributed by atoms with Crippen LogP contribution >= 0.6 is 0 Å². The predicted octanol–water partition coefficient (Wildman–Crippen LogP) is 1.67. The number of carbonyl (C=O) groups excluding carboxylic acids is 1. The van der Waals surface area contributed by atoms with Gasteiger partial charge in [0.2, 0.25) is 0 Å². The summed E-state index contributed by atoms with van der Waals surface area (Å²) in [5, 5.41) is 0. The van der Waals surface area contributed by atoms with Crippen molar-refractivity contribution in [3.8, 4) is 0 Å². The Morgan fingerprint density at radius 1 is 1.37 bits per heavy atom. The zero-order chi connectivity index (χ0) is 13.7. The molecule has 0 aromatic heterocycles. The van der Waals surface area contributed by atoms with Crippen molar-refractivity contribution >= 4 is 5.97 Å². The Labute approximate surface area is 114 Å². The van der Waals surface area contributed by atoms with Gasteiger partial charge in [-0.2, -0.15) is 0 Å². The molecule has 19 heavy (non-hydrogen) atoms. The molecule has 0 spiro atoms. The van der Waals surface area contributed by atoms with E-state index < -0.39 is 0 Å². The average Bonchev–Trinajstić information content (AvgIpc) is 2.47. The number of nitrogens with zero attached hydrogens (tertiary/aromatic N) is 1. The van der Waals surface area contributed by atoms with Crippen molar-refractivity contribution in [2.24, 2.45) is 5.73 Å². The van der Waals surface area contributed by atoms with E-state index in [1.54, 1.807) is 0 Å². The summed E-state index contributed by atoms with van der Waals surface area (Å²) in [6, 6.07) is 8.05. The number of carbonyl (C=O) groups is 1. The van der Waals surface area contributed by atoms with Crippen LogP contribution in [0, 0.1) is 0 Å². The minimum absolute atomic E-state index is 0.107. The van der Waals surface area contributed by atoms with Gasteiger partial charge in [0.05, 0.1) is 7.11 Å². The van der Waals surface area contributed by atoms with Crippen LogP contribution in [0.4, 0.5) is 0 Å². The number of nitrogens with two attached hydrogens (primary N) is 1. The lowest BCUT2D eigenvalue weighted by Crippen LogP contribution is -2.44. The van der Waals surface area contributed by atoms with E-state index in [4.69, 9.17) is 10.5 Å². The van der Waals surface area contributed by atoms with Gasteiger partial charge in [-0.05, 0) is 30.5 Å². The third-order valence-electron chi connectivity index (χ3n) is 3.80. The van der Waals surface area contributed by atoms with Crippen LogP contribution in [0.15, 0.2) is 24.3 Å². The summed E-state index contributed by atoms with van der Waals surface area (Å²) in [4.78, 5) is 14.0. The molecule has 1 aromatic rings. The number of ether oxygens (including phenoxy) is 1. The number of esters is 1. The molecule has 0 aliphatic carbocycles. The van der Waals surface area contributed by atoms with E-state index in [1.165, 1.54) is 12.7 Å². The maximum atomic E-state index is 11.8. The zero-order valence-electron chi connectivity index (χ0n) is 11.5. The Bertz CT molecular complexity index is 434. The standard InChI is InChI=1S/C15H22N2O2/c1-19-15(18)14-8-4-5-9-17(14)11-13-7-3-2-6-12(13)10-16/h2-3,6-7,14H,4-5,8-11,16H2,1H3. The molecule has 1 saturated heterocycles. The van der Waals surface area contributed by atoms with Crippen LogP contribution in [0.25, 0.3) is 0 Å². The molecule has 0 bridgehead atoms. The topological polar surface area (TPSA) is 55.6 Å². The number of rotatable bonds is 4. The van der Waals surface area contributed by atoms with Crippen molar-refractivity contribution in [2.45, 2.75) is 38.4 Å². The SMILES string of the molecule is COC(=O)C1CCCCN1Cc1ccccc1CN. The molecule has 1 aliphatic heterocycles. The van der Waals surface area contributed by atoms with Gasteiger partial charge in [0.25, 0.3) is 0 Å². The van der Waals surface area contributed by atoms with Crippen LogP contribution in [0.1, 0.15) is 30.4 Å². The van der Waals surface area contributed by atoms with Crippen LogP contribution in [-0.4, -0.2) is 30.6 Å². The zero-order valence-corrected chi connectivity index (χ0v) is 11.5. The van der Waals surface area contributed by atoms with E-state index in [9.17, 15) is 4.79 Å². The molecule has 4 nitrogen and oxygen atoms in total. The Hall–Kier alpha value is -1.39. The van der Waals surface area contributed by atoms with Crippen LogP contribution in [0.3, 0.4) is 0 Å². The highest BCUT2D eigenvalue weighted by molar-refractivity contribution is 5.75. The normalized spacial score (nSPS) is 20.2. The van der Waals surface area contributed by atoms with Crippen molar-refractivity contribution in [1.82, 2.24) is 4.90 Å². The third kappa shape index (κ3) is 3.33. The molecule has 2 rings (SSSR count). The summed E-state index contributed by atoms with van der Waals surface area (Å²) in [6.07, 6.45) is 3.12. The van der Waals surface area contributed by atoms with E-state index >= 15 is 0 Å². The molecule has 1 unspecified atom stereocenters. The van der Waals surface area contributed by atoms with Gasteiger partial charge in [-0.15, -0.1) is 0 Å². The summed E-state index contributed by atoms with van der Waals surface area (Å²) < 4.78 is 4.91. The molecule has 0 amide bonds. The summed E-state index contributed by atoms with van der Waals surface area (Å²) in [7, 11) is 1.46. The second-order valence-electron chi connectivity index (χ2n) is 4.98. The molecule has 2 N–H and O–H groups in total. The van der Waals surface area contributed by atoms with Gasteiger partial charge in [-0.1, -0.05) is 30.7 Å².